The van der Waals surface area contributed by atoms with Gasteiger partial charge in [0.2, 0.25) is 0 Å². The first-order chi connectivity index (χ1) is 12.5. The number of nitro groups is 1. The van der Waals surface area contributed by atoms with Crippen molar-refractivity contribution in [2.75, 3.05) is 5.32 Å². The first-order valence-corrected chi connectivity index (χ1v) is 7.63. The predicted octanol–water partition coefficient (Wildman–Crippen LogP) is 2.06. The number of hydrogen-bond donors (Lipinski definition) is 1. The van der Waals surface area contributed by atoms with Crippen molar-refractivity contribution < 1.29 is 4.92 Å². The second-order valence-electron chi connectivity index (χ2n) is 5.94. The molecule has 4 rings (SSSR count). The van der Waals surface area contributed by atoms with E-state index in [2.05, 4.69) is 26.5 Å². The lowest BCUT2D eigenvalue weighted by molar-refractivity contribution is -0.384. The molecule has 26 heavy (non-hydrogen) atoms. The fourth-order valence-electron chi connectivity index (χ4n) is 2.60. The Labute approximate surface area is 146 Å². The van der Waals surface area contributed by atoms with Gasteiger partial charge in [0.25, 0.3) is 0 Å². The van der Waals surface area contributed by atoms with Gasteiger partial charge >= 0.3 is 5.69 Å². The van der Waals surface area contributed by atoms with Crippen molar-refractivity contribution in [3.63, 3.8) is 0 Å². The molecular weight excluding hydrogens is 336 g/mol. The molecule has 1 N–H and O–H groups in total. The molecule has 10 heteroatoms. The van der Waals surface area contributed by atoms with Crippen molar-refractivity contribution in [2.45, 2.75) is 18.4 Å². The second-order valence-corrected chi connectivity index (χ2v) is 5.94. The summed E-state index contributed by atoms with van der Waals surface area (Å²) < 4.78 is 1.43. The van der Waals surface area contributed by atoms with Gasteiger partial charge in [-0.15, -0.1) is 0 Å². The van der Waals surface area contributed by atoms with E-state index >= 15 is 0 Å². The Bertz CT molecular complexity index is 1130. The number of fused-ring (bicyclic) bond motifs is 1. The minimum atomic E-state index is -0.768. The van der Waals surface area contributed by atoms with Crippen molar-refractivity contribution in [3.8, 4) is 18.0 Å². The van der Waals surface area contributed by atoms with Crippen LogP contribution in [0.25, 0.3) is 16.9 Å². The van der Waals surface area contributed by atoms with Crippen molar-refractivity contribution in [1.82, 2.24) is 19.7 Å². The molecule has 0 saturated heterocycles. The van der Waals surface area contributed by atoms with Crippen molar-refractivity contribution >= 4 is 22.4 Å². The number of anilines is 1. The van der Waals surface area contributed by atoms with E-state index in [9.17, 15) is 15.4 Å². The van der Waals surface area contributed by atoms with Gasteiger partial charge in [0.05, 0.1) is 22.8 Å². The smallest absolute Gasteiger partial charge is 0.310 e. The fourth-order valence-corrected chi connectivity index (χ4v) is 2.60. The molecule has 0 atom stereocenters. The molecule has 1 aliphatic carbocycles. The number of rotatable bonds is 4. The van der Waals surface area contributed by atoms with Crippen LogP contribution in [0.4, 0.5) is 11.4 Å². The summed E-state index contributed by atoms with van der Waals surface area (Å²) in [6.07, 6.45) is 5.34. The highest BCUT2D eigenvalue weighted by Gasteiger charge is 2.44. The largest absolute Gasteiger partial charge is 0.362 e. The van der Waals surface area contributed by atoms with Gasteiger partial charge in [0.1, 0.15) is 23.5 Å². The van der Waals surface area contributed by atoms with E-state index in [0.29, 0.717) is 35.3 Å². The summed E-state index contributed by atoms with van der Waals surface area (Å²) in [5.74, 6) is 0.319. The number of hydrogen-bond acceptors (Lipinski definition) is 8. The molecule has 1 saturated carbocycles. The van der Waals surface area contributed by atoms with E-state index < -0.39 is 10.5 Å². The summed E-state index contributed by atoms with van der Waals surface area (Å²) in [7, 11) is 0. The maximum absolute atomic E-state index is 11.3. The minimum Gasteiger partial charge on any atom is -0.362 e. The number of aromatic nitrogens is 4. The van der Waals surface area contributed by atoms with E-state index in [1.165, 1.54) is 23.1 Å². The van der Waals surface area contributed by atoms with Crippen LogP contribution in [0, 0.1) is 32.8 Å². The average molecular weight is 346 g/mol. The molecule has 0 aliphatic heterocycles. The highest BCUT2D eigenvalue weighted by atomic mass is 16.6. The molecule has 10 nitrogen and oxygen atoms in total. The highest BCUT2D eigenvalue weighted by molar-refractivity contribution is 5.78. The van der Waals surface area contributed by atoms with Gasteiger partial charge < -0.3 is 5.32 Å². The monoisotopic (exact) mass is 346 g/mol. The molecule has 3 heterocycles. The number of nitriles is 2. The van der Waals surface area contributed by atoms with Crippen molar-refractivity contribution in [2.24, 2.45) is 0 Å². The highest BCUT2D eigenvalue weighted by Crippen LogP contribution is 2.40. The van der Waals surface area contributed by atoms with Crippen LogP contribution in [0.1, 0.15) is 18.4 Å². The number of pyridine rings is 2. The minimum absolute atomic E-state index is 0.205. The van der Waals surface area contributed by atoms with E-state index in [1.807, 2.05) is 6.07 Å². The van der Waals surface area contributed by atoms with Crippen LogP contribution < -0.4 is 5.32 Å². The first kappa shape index (κ1) is 15.5. The SMILES string of the molecule is N#Cc1cnc2c(cnn2-c2cc(NC3(C#N)CC3)c([N+](=O)[O-])cn2)c1. The third-order valence-electron chi connectivity index (χ3n) is 4.16. The number of nitrogens with one attached hydrogen (secondary N) is 1. The van der Waals surface area contributed by atoms with Gasteiger partial charge in [0, 0.05) is 17.6 Å². The van der Waals surface area contributed by atoms with E-state index in [-0.39, 0.29) is 11.4 Å². The topological polar surface area (TPSA) is 146 Å². The standard InChI is InChI=1S/C16H10N8O2/c17-5-10-3-11-7-21-23(15(11)20-6-10)14-4-12(13(8-19-14)24(25)26)22-16(9-18)1-2-16/h3-4,6-8H,1-2H2,(H,19,22). The zero-order valence-corrected chi connectivity index (χ0v) is 13.2. The molecule has 0 spiro atoms. The molecule has 0 amide bonds. The van der Waals surface area contributed by atoms with Crippen LogP contribution in [0.3, 0.4) is 0 Å². The van der Waals surface area contributed by atoms with Crippen LogP contribution in [0.5, 0.6) is 0 Å². The second kappa shape index (κ2) is 5.50. The zero-order chi connectivity index (χ0) is 18.3. The first-order valence-electron chi connectivity index (χ1n) is 7.63. The molecule has 1 fully saturated rings. The Balaban J connectivity index is 1.82. The quantitative estimate of drug-likeness (QED) is 0.557. The van der Waals surface area contributed by atoms with Crippen LogP contribution in [0.15, 0.2) is 30.7 Å². The van der Waals surface area contributed by atoms with Crippen LogP contribution in [0.2, 0.25) is 0 Å². The molecule has 0 aromatic carbocycles. The molecular formula is C16H10N8O2. The third kappa shape index (κ3) is 2.46. The zero-order valence-electron chi connectivity index (χ0n) is 13.2. The fraction of sp³-hybridized carbons (Fsp3) is 0.188. The van der Waals surface area contributed by atoms with Gasteiger partial charge in [-0.3, -0.25) is 10.1 Å². The maximum Gasteiger partial charge on any atom is 0.310 e. The van der Waals surface area contributed by atoms with E-state index in [0.717, 1.165) is 6.20 Å². The Morgan fingerprint density at radius 2 is 2.04 bits per heavy atom. The van der Waals surface area contributed by atoms with Gasteiger partial charge in [-0.2, -0.15) is 20.3 Å². The van der Waals surface area contributed by atoms with Crippen LogP contribution in [-0.2, 0) is 0 Å². The Morgan fingerprint density at radius 3 is 2.69 bits per heavy atom. The summed E-state index contributed by atoms with van der Waals surface area (Å²) in [5.41, 5.74) is 0.0940. The third-order valence-corrected chi connectivity index (χ3v) is 4.16. The Kier molecular flexibility index (Phi) is 3.27. The van der Waals surface area contributed by atoms with Gasteiger partial charge in [-0.1, -0.05) is 0 Å². The van der Waals surface area contributed by atoms with Crippen LogP contribution in [-0.4, -0.2) is 30.2 Å². The van der Waals surface area contributed by atoms with Crippen molar-refractivity contribution in [1.29, 1.82) is 10.5 Å². The van der Waals surface area contributed by atoms with E-state index in [4.69, 9.17) is 5.26 Å². The average Bonchev–Trinajstić information content (AvgIpc) is 3.30. The Morgan fingerprint density at radius 1 is 1.23 bits per heavy atom. The van der Waals surface area contributed by atoms with Gasteiger partial charge in [0.15, 0.2) is 11.5 Å². The molecule has 0 radical (unpaired) electrons. The normalized spacial score (nSPS) is 14.4. The lowest BCUT2D eigenvalue weighted by Crippen LogP contribution is -2.19. The summed E-state index contributed by atoms with van der Waals surface area (Å²) >= 11 is 0. The maximum atomic E-state index is 11.3. The summed E-state index contributed by atoms with van der Waals surface area (Å²) in [5, 5.41) is 37.3. The van der Waals surface area contributed by atoms with Crippen molar-refractivity contribution in [3.05, 3.63) is 46.4 Å². The summed E-state index contributed by atoms with van der Waals surface area (Å²) in [4.78, 5) is 19.0. The van der Waals surface area contributed by atoms with Gasteiger partial charge in [-0.05, 0) is 18.9 Å². The summed E-state index contributed by atoms with van der Waals surface area (Å²) in [6.45, 7) is 0. The number of nitrogens with zero attached hydrogens (tertiary/aromatic N) is 7. The van der Waals surface area contributed by atoms with E-state index in [1.54, 1.807) is 6.07 Å². The predicted molar refractivity (Wildman–Crippen MR) is 89.2 cm³/mol. The molecule has 3 aromatic heterocycles. The molecule has 1 aliphatic rings. The molecule has 0 bridgehead atoms. The van der Waals surface area contributed by atoms with Crippen LogP contribution >= 0.6 is 0 Å². The Hall–Kier alpha value is -4.05. The molecule has 0 unspecified atom stereocenters. The molecule has 126 valence electrons. The summed E-state index contributed by atoms with van der Waals surface area (Å²) in [6, 6.07) is 7.27. The lowest BCUT2D eigenvalue weighted by Gasteiger charge is -2.12. The lowest BCUT2D eigenvalue weighted by atomic mass is 10.2. The molecule has 3 aromatic rings. The van der Waals surface area contributed by atoms with Gasteiger partial charge in [-0.25, -0.2) is 9.97 Å².